The van der Waals surface area contributed by atoms with Crippen LogP contribution in [0.15, 0.2) is 12.1 Å². The molecule has 0 saturated heterocycles. The lowest BCUT2D eigenvalue weighted by molar-refractivity contribution is 0.0906. The summed E-state index contributed by atoms with van der Waals surface area (Å²) in [4.78, 5) is 14.9. The standard InChI is InChI=1S/C12H18ClNOS/c1-4-9(3)14(5-2)8-10(15)11-6-7-12(13)16-11/h6-7,9H,4-5,8H2,1-3H3. The molecule has 1 heterocycles. The Morgan fingerprint density at radius 1 is 1.50 bits per heavy atom. The molecule has 1 rings (SSSR count). The Morgan fingerprint density at radius 3 is 2.62 bits per heavy atom. The lowest BCUT2D eigenvalue weighted by atomic mass is 10.2. The van der Waals surface area contributed by atoms with E-state index in [1.165, 1.54) is 11.3 Å². The molecule has 0 aromatic carbocycles. The molecule has 90 valence electrons. The Labute approximate surface area is 106 Å². The van der Waals surface area contributed by atoms with Crippen LogP contribution in [-0.2, 0) is 0 Å². The maximum Gasteiger partial charge on any atom is 0.186 e. The number of hydrogen-bond acceptors (Lipinski definition) is 3. The summed E-state index contributed by atoms with van der Waals surface area (Å²) in [6, 6.07) is 4.03. The van der Waals surface area contributed by atoms with Crippen LogP contribution in [0.4, 0.5) is 0 Å². The van der Waals surface area contributed by atoms with Gasteiger partial charge in [0.05, 0.1) is 15.8 Å². The first-order valence-electron chi connectivity index (χ1n) is 5.61. The summed E-state index contributed by atoms with van der Waals surface area (Å²) < 4.78 is 0.676. The fourth-order valence-electron chi connectivity index (χ4n) is 1.56. The summed E-state index contributed by atoms with van der Waals surface area (Å²) >= 11 is 7.17. The summed E-state index contributed by atoms with van der Waals surface area (Å²) in [7, 11) is 0. The molecule has 0 aliphatic rings. The number of carbonyl (C=O) groups is 1. The Hall–Kier alpha value is -0.380. The number of ketones is 1. The number of carbonyl (C=O) groups excluding carboxylic acids is 1. The van der Waals surface area contributed by atoms with Crippen molar-refractivity contribution in [3.05, 3.63) is 21.3 Å². The molecular weight excluding hydrogens is 242 g/mol. The molecule has 0 saturated carbocycles. The summed E-state index contributed by atoms with van der Waals surface area (Å²) in [6.07, 6.45) is 1.06. The molecule has 1 aromatic heterocycles. The number of likely N-dealkylation sites (N-methyl/N-ethyl adjacent to an activating group) is 1. The third kappa shape index (κ3) is 3.58. The fourth-order valence-corrected chi connectivity index (χ4v) is 2.54. The summed E-state index contributed by atoms with van der Waals surface area (Å²) in [5.41, 5.74) is 0. The van der Waals surface area contributed by atoms with E-state index in [1.807, 2.05) is 0 Å². The molecule has 0 aliphatic heterocycles. The first-order chi connectivity index (χ1) is 7.58. The van der Waals surface area contributed by atoms with Gasteiger partial charge in [-0.1, -0.05) is 25.4 Å². The molecule has 1 unspecified atom stereocenters. The van der Waals surface area contributed by atoms with Crippen molar-refractivity contribution in [3.8, 4) is 0 Å². The SMILES string of the molecule is CCC(C)N(CC)CC(=O)c1ccc(Cl)s1. The highest BCUT2D eigenvalue weighted by Crippen LogP contribution is 2.22. The highest BCUT2D eigenvalue weighted by Gasteiger charge is 2.16. The Bertz CT molecular complexity index is 351. The quantitative estimate of drug-likeness (QED) is 0.726. The third-order valence-electron chi connectivity index (χ3n) is 2.82. The van der Waals surface area contributed by atoms with E-state index in [1.54, 1.807) is 12.1 Å². The van der Waals surface area contributed by atoms with Crippen molar-refractivity contribution >= 4 is 28.7 Å². The van der Waals surface area contributed by atoms with Crippen molar-refractivity contribution in [2.24, 2.45) is 0 Å². The molecule has 16 heavy (non-hydrogen) atoms. The molecule has 1 aromatic rings. The number of halogens is 1. The van der Waals surface area contributed by atoms with Gasteiger partial charge >= 0.3 is 0 Å². The summed E-state index contributed by atoms with van der Waals surface area (Å²) in [6.45, 7) is 7.76. The van der Waals surface area contributed by atoms with Gasteiger partial charge in [0.15, 0.2) is 5.78 Å². The predicted molar refractivity (Wildman–Crippen MR) is 70.7 cm³/mol. The molecule has 0 fully saturated rings. The van der Waals surface area contributed by atoms with E-state index in [0.29, 0.717) is 16.9 Å². The van der Waals surface area contributed by atoms with Gasteiger partial charge in [-0.3, -0.25) is 9.69 Å². The van der Waals surface area contributed by atoms with Gasteiger partial charge < -0.3 is 0 Å². The first kappa shape index (κ1) is 13.7. The highest BCUT2D eigenvalue weighted by atomic mass is 35.5. The van der Waals surface area contributed by atoms with Crippen molar-refractivity contribution in [1.29, 1.82) is 0 Å². The zero-order chi connectivity index (χ0) is 12.1. The topological polar surface area (TPSA) is 20.3 Å². The van der Waals surface area contributed by atoms with Crippen LogP contribution < -0.4 is 0 Å². The normalized spacial score (nSPS) is 13.1. The Balaban J connectivity index is 2.62. The summed E-state index contributed by atoms with van der Waals surface area (Å²) in [5.74, 6) is 0.166. The maximum absolute atomic E-state index is 12.0. The summed E-state index contributed by atoms with van der Waals surface area (Å²) in [5, 5.41) is 0. The minimum absolute atomic E-state index is 0.166. The molecular formula is C12H18ClNOS. The van der Waals surface area contributed by atoms with E-state index in [4.69, 9.17) is 11.6 Å². The molecule has 0 aliphatic carbocycles. The average molecular weight is 260 g/mol. The molecule has 2 nitrogen and oxygen atoms in total. The van der Waals surface area contributed by atoms with Crippen molar-refractivity contribution in [3.63, 3.8) is 0 Å². The smallest absolute Gasteiger partial charge is 0.186 e. The minimum Gasteiger partial charge on any atom is -0.293 e. The second-order valence-electron chi connectivity index (χ2n) is 3.85. The van der Waals surface area contributed by atoms with Crippen LogP contribution in [0.2, 0.25) is 4.34 Å². The van der Waals surface area contributed by atoms with E-state index in [2.05, 4.69) is 25.7 Å². The first-order valence-corrected chi connectivity index (χ1v) is 6.80. The van der Waals surface area contributed by atoms with Gasteiger partial charge in [0.1, 0.15) is 0 Å². The van der Waals surface area contributed by atoms with Crippen molar-refractivity contribution in [2.75, 3.05) is 13.1 Å². The van der Waals surface area contributed by atoms with E-state index < -0.39 is 0 Å². The van der Waals surface area contributed by atoms with Crippen LogP contribution in [0.25, 0.3) is 0 Å². The predicted octanol–water partition coefficient (Wildman–Crippen LogP) is 3.70. The van der Waals surface area contributed by atoms with Gasteiger partial charge in [0.25, 0.3) is 0 Å². The lowest BCUT2D eigenvalue weighted by Gasteiger charge is -2.25. The molecule has 0 amide bonds. The van der Waals surface area contributed by atoms with Crippen LogP contribution in [0.3, 0.4) is 0 Å². The second-order valence-corrected chi connectivity index (χ2v) is 5.56. The number of nitrogens with zero attached hydrogens (tertiary/aromatic N) is 1. The fraction of sp³-hybridized carbons (Fsp3) is 0.583. The highest BCUT2D eigenvalue weighted by molar-refractivity contribution is 7.18. The third-order valence-corrected chi connectivity index (χ3v) is 4.09. The largest absolute Gasteiger partial charge is 0.293 e. The number of Topliss-reactive ketones (excluding diaryl/α,β-unsaturated/α-hetero) is 1. The molecule has 4 heteroatoms. The zero-order valence-corrected chi connectivity index (χ0v) is 11.6. The number of thiophene rings is 1. The van der Waals surface area contributed by atoms with Crippen LogP contribution in [0.5, 0.6) is 0 Å². The molecule has 0 N–H and O–H groups in total. The van der Waals surface area contributed by atoms with Gasteiger partial charge in [-0.05, 0) is 32.0 Å². The second kappa shape index (κ2) is 6.38. The van der Waals surface area contributed by atoms with Gasteiger partial charge in [-0.2, -0.15) is 0 Å². The lowest BCUT2D eigenvalue weighted by Crippen LogP contribution is -2.36. The van der Waals surface area contributed by atoms with Gasteiger partial charge in [-0.15, -0.1) is 11.3 Å². The van der Waals surface area contributed by atoms with E-state index in [9.17, 15) is 4.79 Å². The van der Waals surface area contributed by atoms with Gasteiger partial charge in [0, 0.05) is 6.04 Å². The van der Waals surface area contributed by atoms with E-state index in [0.717, 1.165) is 17.8 Å². The van der Waals surface area contributed by atoms with Crippen LogP contribution >= 0.6 is 22.9 Å². The Kier molecular flexibility index (Phi) is 5.46. The molecule has 0 bridgehead atoms. The number of rotatable bonds is 6. The molecule has 0 spiro atoms. The van der Waals surface area contributed by atoms with E-state index >= 15 is 0 Å². The van der Waals surface area contributed by atoms with Crippen molar-refractivity contribution in [2.45, 2.75) is 33.2 Å². The van der Waals surface area contributed by atoms with Crippen LogP contribution in [0, 0.1) is 0 Å². The minimum atomic E-state index is 0.166. The van der Waals surface area contributed by atoms with Crippen molar-refractivity contribution < 1.29 is 4.79 Å². The number of hydrogen-bond donors (Lipinski definition) is 0. The van der Waals surface area contributed by atoms with Crippen LogP contribution in [-0.4, -0.2) is 29.8 Å². The monoisotopic (exact) mass is 259 g/mol. The molecule has 0 radical (unpaired) electrons. The van der Waals surface area contributed by atoms with Crippen molar-refractivity contribution in [1.82, 2.24) is 4.90 Å². The van der Waals surface area contributed by atoms with E-state index in [-0.39, 0.29) is 5.78 Å². The maximum atomic E-state index is 12.0. The Morgan fingerprint density at radius 2 is 2.19 bits per heavy atom. The van der Waals surface area contributed by atoms with Gasteiger partial charge in [0.2, 0.25) is 0 Å². The zero-order valence-electron chi connectivity index (χ0n) is 10.00. The molecule has 1 atom stereocenters. The van der Waals surface area contributed by atoms with Crippen LogP contribution in [0.1, 0.15) is 36.9 Å². The van der Waals surface area contributed by atoms with Gasteiger partial charge in [-0.25, -0.2) is 0 Å². The average Bonchev–Trinajstić information content (AvgIpc) is 2.71.